The highest BCUT2D eigenvalue weighted by molar-refractivity contribution is 7.17. The van der Waals surface area contributed by atoms with Crippen LogP contribution < -0.4 is 10.6 Å². The molecule has 1 amide bonds. The van der Waals surface area contributed by atoms with Crippen LogP contribution in [-0.2, 0) is 4.79 Å². The van der Waals surface area contributed by atoms with Crippen LogP contribution in [0, 0.1) is 5.92 Å². The quantitative estimate of drug-likeness (QED) is 0.466. The van der Waals surface area contributed by atoms with Gasteiger partial charge in [-0.05, 0) is 42.9 Å². The molecule has 0 radical (unpaired) electrons. The Balaban J connectivity index is 1.61. The summed E-state index contributed by atoms with van der Waals surface area (Å²) in [7, 11) is 0. The van der Waals surface area contributed by atoms with E-state index in [4.69, 9.17) is 15.7 Å². The lowest BCUT2D eigenvalue weighted by Gasteiger charge is -2.34. The second-order valence-electron chi connectivity index (χ2n) is 8.95. The number of primary amides is 1. The number of nitrogens with zero attached hydrogens (tertiary/aromatic N) is 4. The van der Waals surface area contributed by atoms with Gasteiger partial charge in [-0.25, -0.2) is 9.97 Å². The van der Waals surface area contributed by atoms with Gasteiger partial charge in [-0.3, -0.25) is 9.78 Å². The number of hydrogen-bond acceptors (Lipinski definition) is 6. The molecule has 3 aromatic heterocycles. The molecule has 6 rings (SSSR count). The Kier molecular flexibility index (Phi) is 5.06. The number of pyridine rings is 1. The third-order valence-electron chi connectivity index (χ3n) is 7.05. The normalized spacial score (nSPS) is 22.4. The van der Waals surface area contributed by atoms with Gasteiger partial charge in [0, 0.05) is 23.2 Å². The smallest absolute Gasteiger partial charge is 0.240 e. The standard InChI is InChI=1S/C26H25N5OS/c27-23(32)21-14-17-10-4-5-12-20(17)31(21)25-22-18(16-8-2-1-3-9-16)15-33-26(22)30-24(29-25)19-11-6-7-13-28-19/h1-3,6-9,11,13,15,17,20-21H,4-5,10,12,14H2,(H2,27,32)/t17-,20-,21-/m0/s1. The van der Waals surface area contributed by atoms with E-state index in [2.05, 4.69) is 27.4 Å². The van der Waals surface area contributed by atoms with Crippen molar-refractivity contribution in [3.8, 4) is 22.6 Å². The Labute approximate surface area is 196 Å². The minimum absolute atomic E-state index is 0.271. The van der Waals surface area contributed by atoms with Crippen molar-refractivity contribution in [3.05, 3.63) is 60.1 Å². The Bertz CT molecular complexity index is 1310. The molecule has 3 atom stereocenters. The van der Waals surface area contributed by atoms with Gasteiger partial charge in [-0.2, -0.15) is 0 Å². The van der Waals surface area contributed by atoms with E-state index in [0.717, 1.165) is 52.1 Å². The van der Waals surface area contributed by atoms with Crippen LogP contribution in [0.5, 0.6) is 0 Å². The molecule has 166 valence electrons. The Hall–Kier alpha value is -3.32. The van der Waals surface area contributed by atoms with Gasteiger partial charge in [0.2, 0.25) is 5.91 Å². The highest BCUT2D eigenvalue weighted by Crippen LogP contribution is 2.46. The SMILES string of the molecule is NC(=O)[C@@H]1C[C@@H]2CCCC[C@@H]2N1c1nc(-c2ccccn2)nc2scc(-c3ccccc3)c12. The molecule has 1 aromatic carbocycles. The van der Waals surface area contributed by atoms with Crippen molar-refractivity contribution in [1.82, 2.24) is 15.0 Å². The van der Waals surface area contributed by atoms with E-state index in [0.29, 0.717) is 11.7 Å². The first-order valence-electron chi connectivity index (χ1n) is 11.5. The van der Waals surface area contributed by atoms with Gasteiger partial charge in [0.05, 0.1) is 5.39 Å². The summed E-state index contributed by atoms with van der Waals surface area (Å²) in [5.41, 5.74) is 8.91. The molecule has 4 aromatic rings. The van der Waals surface area contributed by atoms with E-state index in [1.807, 2.05) is 36.4 Å². The lowest BCUT2D eigenvalue weighted by molar-refractivity contribution is -0.119. The molecule has 0 unspecified atom stereocenters. The average Bonchev–Trinajstić information content (AvgIpc) is 3.47. The molecule has 2 N–H and O–H groups in total. The number of rotatable bonds is 4. The highest BCUT2D eigenvalue weighted by atomic mass is 32.1. The molecule has 4 heterocycles. The maximum atomic E-state index is 12.6. The number of anilines is 1. The molecule has 7 heteroatoms. The van der Waals surface area contributed by atoms with Crippen molar-refractivity contribution in [3.63, 3.8) is 0 Å². The van der Waals surface area contributed by atoms with Crippen LogP contribution >= 0.6 is 11.3 Å². The average molecular weight is 456 g/mol. The number of thiophene rings is 1. The molecule has 0 spiro atoms. The molecule has 33 heavy (non-hydrogen) atoms. The van der Waals surface area contributed by atoms with E-state index in [9.17, 15) is 4.79 Å². The van der Waals surface area contributed by atoms with Gasteiger partial charge in [0.25, 0.3) is 0 Å². The van der Waals surface area contributed by atoms with Crippen molar-refractivity contribution in [2.24, 2.45) is 11.7 Å². The summed E-state index contributed by atoms with van der Waals surface area (Å²) >= 11 is 1.61. The van der Waals surface area contributed by atoms with E-state index in [1.165, 1.54) is 12.8 Å². The fourth-order valence-corrected chi connectivity index (χ4v) is 6.51. The maximum Gasteiger partial charge on any atom is 0.240 e. The Morgan fingerprint density at radius 3 is 2.64 bits per heavy atom. The second kappa shape index (κ2) is 8.23. The van der Waals surface area contributed by atoms with Crippen LogP contribution in [-0.4, -0.2) is 32.9 Å². The van der Waals surface area contributed by atoms with E-state index in [1.54, 1.807) is 17.5 Å². The number of hydrogen-bond donors (Lipinski definition) is 1. The van der Waals surface area contributed by atoms with Crippen LogP contribution in [0.4, 0.5) is 5.82 Å². The monoisotopic (exact) mass is 455 g/mol. The molecular formula is C26H25N5OS. The summed E-state index contributed by atoms with van der Waals surface area (Å²) in [4.78, 5) is 30.3. The van der Waals surface area contributed by atoms with Crippen molar-refractivity contribution in [1.29, 1.82) is 0 Å². The van der Waals surface area contributed by atoms with Crippen molar-refractivity contribution in [2.45, 2.75) is 44.2 Å². The zero-order valence-corrected chi connectivity index (χ0v) is 19.0. The number of amides is 1. The molecule has 1 aliphatic heterocycles. The number of carbonyl (C=O) groups excluding carboxylic acids is 1. The van der Waals surface area contributed by atoms with Gasteiger partial charge in [0.15, 0.2) is 5.82 Å². The first kappa shape index (κ1) is 20.3. The number of nitrogens with two attached hydrogens (primary N) is 1. The summed E-state index contributed by atoms with van der Waals surface area (Å²) in [6.45, 7) is 0. The number of fused-ring (bicyclic) bond motifs is 2. The van der Waals surface area contributed by atoms with Crippen LogP contribution in [0.1, 0.15) is 32.1 Å². The predicted molar refractivity (Wildman–Crippen MR) is 132 cm³/mol. The third kappa shape index (κ3) is 3.47. The minimum atomic E-state index is -0.351. The first-order valence-corrected chi connectivity index (χ1v) is 12.4. The lowest BCUT2D eigenvalue weighted by Crippen LogP contribution is -2.45. The van der Waals surface area contributed by atoms with Crippen LogP contribution in [0.25, 0.3) is 32.9 Å². The largest absolute Gasteiger partial charge is 0.368 e. The van der Waals surface area contributed by atoms with Gasteiger partial charge >= 0.3 is 0 Å². The maximum absolute atomic E-state index is 12.6. The van der Waals surface area contributed by atoms with Gasteiger partial charge in [-0.15, -0.1) is 11.3 Å². The Morgan fingerprint density at radius 2 is 1.85 bits per heavy atom. The summed E-state index contributed by atoms with van der Waals surface area (Å²) in [6.07, 6.45) is 7.14. The molecule has 0 bridgehead atoms. The molecule has 1 saturated carbocycles. The highest BCUT2D eigenvalue weighted by Gasteiger charge is 2.46. The van der Waals surface area contributed by atoms with Crippen molar-refractivity contribution in [2.75, 3.05) is 4.90 Å². The number of benzene rings is 1. The van der Waals surface area contributed by atoms with Crippen molar-refractivity contribution < 1.29 is 4.79 Å². The summed E-state index contributed by atoms with van der Waals surface area (Å²) in [5.74, 6) is 1.60. The zero-order valence-electron chi connectivity index (χ0n) is 18.2. The number of carbonyl (C=O) groups is 1. The summed E-state index contributed by atoms with van der Waals surface area (Å²) in [6, 6.07) is 16.0. The zero-order chi connectivity index (χ0) is 22.4. The number of aromatic nitrogens is 3. The molecule has 6 nitrogen and oxygen atoms in total. The minimum Gasteiger partial charge on any atom is -0.368 e. The molecule has 2 fully saturated rings. The molecular weight excluding hydrogens is 430 g/mol. The lowest BCUT2D eigenvalue weighted by atomic mass is 9.84. The van der Waals surface area contributed by atoms with E-state index >= 15 is 0 Å². The Morgan fingerprint density at radius 1 is 1.03 bits per heavy atom. The van der Waals surface area contributed by atoms with Gasteiger partial charge in [0.1, 0.15) is 22.4 Å². The summed E-state index contributed by atoms with van der Waals surface area (Å²) in [5, 5.41) is 3.15. The first-order chi connectivity index (χ1) is 16.2. The van der Waals surface area contributed by atoms with E-state index < -0.39 is 0 Å². The van der Waals surface area contributed by atoms with Crippen LogP contribution in [0.15, 0.2) is 60.1 Å². The fraction of sp³-hybridized carbons (Fsp3) is 0.308. The van der Waals surface area contributed by atoms with Gasteiger partial charge < -0.3 is 10.6 Å². The van der Waals surface area contributed by atoms with Crippen LogP contribution in [0.3, 0.4) is 0 Å². The molecule has 2 aliphatic rings. The van der Waals surface area contributed by atoms with E-state index in [-0.39, 0.29) is 18.0 Å². The summed E-state index contributed by atoms with van der Waals surface area (Å²) < 4.78 is 0. The predicted octanol–water partition coefficient (Wildman–Crippen LogP) is 5.04. The topological polar surface area (TPSA) is 85.0 Å². The molecule has 1 saturated heterocycles. The van der Waals surface area contributed by atoms with Crippen LogP contribution in [0.2, 0.25) is 0 Å². The van der Waals surface area contributed by atoms with Gasteiger partial charge in [-0.1, -0.05) is 49.2 Å². The fourth-order valence-electron chi connectivity index (χ4n) is 5.57. The van der Waals surface area contributed by atoms with Crippen molar-refractivity contribution >= 4 is 33.3 Å². The second-order valence-corrected chi connectivity index (χ2v) is 9.81. The molecule has 1 aliphatic carbocycles. The third-order valence-corrected chi connectivity index (χ3v) is 7.93.